The van der Waals surface area contributed by atoms with Crippen LogP contribution in [0.1, 0.15) is 77.3 Å². The molecule has 3 amide bonds. The molecule has 3 atom stereocenters. The number of rotatable bonds is 24. The number of carbonyl (C=O) groups excluding carboxylic acids is 4. The van der Waals surface area contributed by atoms with Gasteiger partial charge in [0.15, 0.2) is 0 Å². The largest absolute Gasteiger partial charge is 0.475 e. The van der Waals surface area contributed by atoms with Crippen molar-refractivity contribution in [3.8, 4) is 0 Å². The number of carbonyl (C=O) groups is 4. The van der Waals surface area contributed by atoms with E-state index < -0.39 is 56.2 Å². The van der Waals surface area contributed by atoms with E-state index in [0.29, 0.717) is 19.3 Å². The highest BCUT2D eigenvalue weighted by Crippen LogP contribution is 2.49. The minimum Gasteiger partial charge on any atom is -0.467 e. The highest BCUT2D eigenvalue weighted by atomic mass is 31.2. The molecule has 2 aromatic rings. The lowest BCUT2D eigenvalue weighted by Crippen LogP contribution is -2.56. The lowest BCUT2D eigenvalue weighted by molar-refractivity contribution is -0.145. The third-order valence-corrected chi connectivity index (χ3v) is 8.93. The van der Waals surface area contributed by atoms with Crippen LogP contribution < -0.4 is 16.0 Å². The Morgan fingerprint density at radius 1 is 0.714 bits per heavy atom. The highest BCUT2D eigenvalue weighted by molar-refractivity contribution is 7.48. The first kappa shape index (κ1) is 41.6. The number of benzene rings is 2. The molecule has 2 aromatic carbocycles. The normalized spacial score (nSPS) is 13.3. The van der Waals surface area contributed by atoms with Crippen LogP contribution in [0.3, 0.4) is 0 Å². The maximum atomic E-state index is 13.8. The summed E-state index contributed by atoms with van der Waals surface area (Å²) in [5.41, 5.74) is 1.77. The fourth-order valence-electron chi connectivity index (χ4n) is 4.78. The molecule has 0 aliphatic carbocycles. The average molecular weight is 704 g/mol. The van der Waals surface area contributed by atoms with Crippen LogP contribution in [-0.4, -0.2) is 68.7 Å². The fourth-order valence-corrected chi connectivity index (χ4v) is 5.99. The Balaban J connectivity index is 2.21. The zero-order valence-electron chi connectivity index (χ0n) is 29.5. The fraction of sp³-hybridized carbons (Fsp3) is 0.556. The van der Waals surface area contributed by atoms with E-state index in [1.807, 2.05) is 88.4 Å². The van der Waals surface area contributed by atoms with Gasteiger partial charge in [0.2, 0.25) is 17.7 Å². The molecule has 49 heavy (non-hydrogen) atoms. The molecular weight excluding hydrogens is 649 g/mol. The molecule has 0 heterocycles. The Hall–Kier alpha value is -3.57. The van der Waals surface area contributed by atoms with Crippen molar-refractivity contribution in [3.63, 3.8) is 0 Å². The van der Waals surface area contributed by atoms with Crippen LogP contribution in [0.4, 0.5) is 0 Å². The number of phosphoric ester groups is 1. The second kappa shape index (κ2) is 22.9. The third kappa shape index (κ3) is 16.6. The van der Waals surface area contributed by atoms with Gasteiger partial charge in [-0.15, -0.1) is 0 Å². The molecule has 3 N–H and O–H groups in total. The molecule has 0 radical (unpaired) electrons. The lowest BCUT2D eigenvalue weighted by atomic mass is 10.00. The van der Waals surface area contributed by atoms with Gasteiger partial charge in [-0.1, -0.05) is 101 Å². The Morgan fingerprint density at radius 3 is 1.78 bits per heavy atom. The van der Waals surface area contributed by atoms with Gasteiger partial charge in [-0.3, -0.25) is 28.0 Å². The number of hydrogen-bond donors (Lipinski definition) is 3. The van der Waals surface area contributed by atoms with Crippen molar-refractivity contribution in [1.82, 2.24) is 16.0 Å². The molecule has 13 heteroatoms. The molecule has 0 bridgehead atoms. The second-order valence-corrected chi connectivity index (χ2v) is 13.9. The minimum absolute atomic E-state index is 0.00192. The summed E-state index contributed by atoms with van der Waals surface area (Å²) in [5.74, 6) is -2.47. The number of nitrogens with one attached hydrogen (secondary N) is 3. The van der Waals surface area contributed by atoms with Crippen molar-refractivity contribution < 1.29 is 42.1 Å². The molecule has 0 aromatic heterocycles. The third-order valence-electron chi connectivity index (χ3n) is 7.49. The standard InChI is InChI=1S/C36H54N3O9P/c1-6-8-22-46-49(44,47-23-9-7-2)48-26-33(40)37-30(21-20-28-16-12-10-13-17-28)34(41)38-31(24-27(3)4)35(42)39-32(36(43)45-5)25-29-18-14-11-15-19-29/h10-19,27,30-32H,6-9,20-26H2,1-5H3,(H,37,40)(H,38,41)(H,39,42)/t30-,31-,32-/m0/s1. The predicted octanol–water partition coefficient (Wildman–Crippen LogP) is 5.29. The van der Waals surface area contributed by atoms with E-state index in [2.05, 4.69) is 16.0 Å². The van der Waals surface area contributed by atoms with Gasteiger partial charge in [0.05, 0.1) is 20.3 Å². The zero-order valence-corrected chi connectivity index (χ0v) is 30.4. The lowest BCUT2D eigenvalue weighted by Gasteiger charge is -2.26. The van der Waals surface area contributed by atoms with Crippen molar-refractivity contribution in [2.45, 2.75) is 97.2 Å². The van der Waals surface area contributed by atoms with Crippen LogP contribution in [0.2, 0.25) is 0 Å². The molecule has 0 unspecified atom stereocenters. The smallest absolute Gasteiger partial charge is 0.467 e. The quantitative estimate of drug-likeness (QED) is 0.0750. The van der Waals surface area contributed by atoms with Crippen LogP contribution in [0, 0.1) is 5.92 Å². The highest BCUT2D eigenvalue weighted by Gasteiger charge is 2.32. The molecule has 2 rings (SSSR count). The van der Waals surface area contributed by atoms with Crippen molar-refractivity contribution in [3.05, 3.63) is 71.8 Å². The molecule has 0 fully saturated rings. The van der Waals surface area contributed by atoms with Gasteiger partial charge < -0.3 is 20.7 Å². The van der Waals surface area contributed by atoms with E-state index >= 15 is 0 Å². The summed E-state index contributed by atoms with van der Waals surface area (Å²) in [4.78, 5) is 53.1. The van der Waals surface area contributed by atoms with Crippen LogP contribution in [0.15, 0.2) is 60.7 Å². The SMILES string of the molecule is CCCCOP(=O)(OCCCC)OCC(=O)N[C@@H](CCc1ccccc1)C(=O)N[C@@H](CC(C)C)C(=O)N[C@@H](Cc1ccccc1)C(=O)OC. The summed E-state index contributed by atoms with van der Waals surface area (Å²) in [6.45, 7) is 7.35. The van der Waals surface area contributed by atoms with Crippen molar-refractivity contribution in [2.75, 3.05) is 26.9 Å². The van der Waals surface area contributed by atoms with Crippen molar-refractivity contribution >= 4 is 31.5 Å². The summed E-state index contributed by atoms with van der Waals surface area (Å²) >= 11 is 0. The van der Waals surface area contributed by atoms with Gasteiger partial charge in [0.1, 0.15) is 24.7 Å². The van der Waals surface area contributed by atoms with Gasteiger partial charge in [0.25, 0.3) is 0 Å². The number of esters is 1. The first-order chi connectivity index (χ1) is 23.5. The zero-order chi connectivity index (χ0) is 36.1. The van der Waals surface area contributed by atoms with Gasteiger partial charge in [-0.25, -0.2) is 9.36 Å². The molecular formula is C36H54N3O9P. The number of ether oxygens (including phenoxy) is 1. The van der Waals surface area contributed by atoms with E-state index in [9.17, 15) is 23.7 Å². The van der Waals surface area contributed by atoms with E-state index in [1.165, 1.54) is 7.11 Å². The maximum absolute atomic E-state index is 13.8. The first-order valence-electron chi connectivity index (χ1n) is 17.1. The Morgan fingerprint density at radius 2 is 1.24 bits per heavy atom. The predicted molar refractivity (Wildman–Crippen MR) is 187 cm³/mol. The molecule has 0 aliphatic rings. The Labute approximate surface area is 291 Å². The van der Waals surface area contributed by atoms with Gasteiger partial charge in [0, 0.05) is 6.42 Å². The molecule has 0 spiro atoms. The maximum Gasteiger partial charge on any atom is 0.475 e. The molecule has 0 saturated carbocycles. The van der Waals surface area contributed by atoms with E-state index in [1.54, 1.807) is 0 Å². The molecule has 0 aliphatic heterocycles. The summed E-state index contributed by atoms with van der Waals surface area (Å²) in [5, 5.41) is 8.22. The van der Waals surface area contributed by atoms with Crippen LogP contribution in [0.5, 0.6) is 0 Å². The number of methoxy groups -OCH3 is 1. The number of unbranched alkanes of at least 4 members (excludes halogenated alkanes) is 2. The van der Waals surface area contributed by atoms with Crippen molar-refractivity contribution in [1.29, 1.82) is 0 Å². The first-order valence-corrected chi connectivity index (χ1v) is 18.6. The molecule has 0 saturated heterocycles. The van der Waals surface area contributed by atoms with Gasteiger partial charge >= 0.3 is 13.8 Å². The van der Waals surface area contributed by atoms with E-state index in [0.717, 1.165) is 24.0 Å². The van der Waals surface area contributed by atoms with Gasteiger partial charge in [-0.05, 0) is 49.1 Å². The summed E-state index contributed by atoms with van der Waals surface area (Å²) in [6.07, 6.45) is 4.00. The monoisotopic (exact) mass is 703 g/mol. The molecule has 12 nitrogen and oxygen atoms in total. The summed E-state index contributed by atoms with van der Waals surface area (Å²) in [6, 6.07) is 15.6. The van der Waals surface area contributed by atoms with Crippen LogP contribution >= 0.6 is 7.82 Å². The average Bonchev–Trinajstić information content (AvgIpc) is 3.09. The summed E-state index contributed by atoms with van der Waals surface area (Å²) in [7, 11) is -2.77. The number of aryl methyl sites for hydroxylation is 1. The number of phosphoric acid groups is 1. The van der Waals surface area contributed by atoms with Crippen LogP contribution in [-0.2, 0) is 54.9 Å². The van der Waals surface area contributed by atoms with E-state index in [4.69, 9.17) is 18.3 Å². The van der Waals surface area contributed by atoms with Crippen LogP contribution in [0.25, 0.3) is 0 Å². The van der Waals surface area contributed by atoms with Crippen molar-refractivity contribution in [2.24, 2.45) is 5.92 Å². The molecule has 272 valence electrons. The topological polar surface area (TPSA) is 158 Å². The van der Waals surface area contributed by atoms with Gasteiger partial charge in [-0.2, -0.15) is 0 Å². The Bertz CT molecular complexity index is 1310. The second-order valence-electron chi connectivity index (χ2n) is 12.2. The Kier molecular flexibility index (Phi) is 19.5. The number of hydrogen-bond acceptors (Lipinski definition) is 9. The minimum atomic E-state index is -4.02. The summed E-state index contributed by atoms with van der Waals surface area (Å²) < 4.78 is 34.3. The number of amides is 3. The van der Waals surface area contributed by atoms with E-state index in [-0.39, 0.29) is 38.4 Å².